The molecule has 2 aromatic rings. The van der Waals surface area contributed by atoms with Crippen molar-refractivity contribution in [2.24, 2.45) is 0 Å². The number of likely N-dealkylation sites (N-methyl/N-ethyl adjacent to an activating group) is 1. The number of nitrogens with one attached hydrogen (secondary N) is 2. The van der Waals surface area contributed by atoms with Crippen LogP contribution in [0.2, 0.25) is 0 Å². The average molecular weight is 431 g/mol. The predicted octanol–water partition coefficient (Wildman–Crippen LogP) is 4.00. The van der Waals surface area contributed by atoms with Gasteiger partial charge in [0.05, 0.1) is 7.11 Å². The van der Waals surface area contributed by atoms with Crippen molar-refractivity contribution >= 4 is 11.7 Å². The summed E-state index contributed by atoms with van der Waals surface area (Å²) in [5, 5.41) is 15.5. The van der Waals surface area contributed by atoms with Crippen LogP contribution in [0, 0.1) is 11.6 Å². The van der Waals surface area contributed by atoms with Crippen molar-refractivity contribution in [1.29, 1.82) is 0 Å². The molecule has 2 amide bonds. The van der Waals surface area contributed by atoms with E-state index in [4.69, 9.17) is 4.74 Å². The molecule has 166 valence electrons. The highest BCUT2D eigenvalue weighted by atomic mass is 19.2. The van der Waals surface area contributed by atoms with E-state index < -0.39 is 17.7 Å². The summed E-state index contributed by atoms with van der Waals surface area (Å²) in [6.07, 6.45) is 3.44. The van der Waals surface area contributed by atoms with Crippen LogP contribution in [0.15, 0.2) is 36.4 Å². The van der Waals surface area contributed by atoms with Crippen molar-refractivity contribution < 1.29 is 23.4 Å². The molecule has 1 aliphatic heterocycles. The van der Waals surface area contributed by atoms with Gasteiger partial charge in [0.2, 0.25) is 0 Å². The Morgan fingerprint density at radius 3 is 2.74 bits per heavy atom. The lowest BCUT2D eigenvalue weighted by Crippen LogP contribution is -2.52. The molecule has 1 saturated heterocycles. The van der Waals surface area contributed by atoms with E-state index in [-0.39, 0.29) is 28.9 Å². The number of urea groups is 1. The molecule has 0 radical (unpaired) electrons. The van der Waals surface area contributed by atoms with Crippen molar-refractivity contribution in [2.75, 3.05) is 26.0 Å². The number of carbonyl (C=O) groups is 1. The Balaban J connectivity index is 1.47. The van der Waals surface area contributed by atoms with E-state index in [0.29, 0.717) is 5.75 Å². The average Bonchev–Trinajstić information content (AvgIpc) is 3.08. The Hall–Kier alpha value is -2.87. The number of benzene rings is 2. The fraction of sp³-hybridized carbons (Fsp3) is 0.435. The van der Waals surface area contributed by atoms with E-state index in [2.05, 4.69) is 22.6 Å². The minimum Gasteiger partial charge on any atom is -0.504 e. The third kappa shape index (κ3) is 4.04. The van der Waals surface area contributed by atoms with Gasteiger partial charge in [0.15, 0.2) is 23.1 Å². The maximum Gasteiger partial charge on any atom is 0.319 e. The lowest BCUT2D eigenvalue weighted by molar-refractivity contribution is 0.156. The summed E-state index contributed by atoms with van der Waals surface area (Å²) in [5.74, 6) is -1.37. The van der Waals surface area contributed by atoms with Gasteiger partial charge >= 0.3 is 6.03 Å². The van der Waals surface area contributed by atoms with Gasteiger partial charge < -0.3 is 25.4 Å². The number of hydrogen-bond acceptors (Lipinski definition) is 4. The number of hydrogen-bond donors (Lipinski definition) is 3. The van der Waals surface area contributed by atoms with Gasteiger partial charge in [-0.2, -0.15) is 0 Å². The smallest absolute Gasteiger partial charge is 0.319 e. The Labute approximate surface area is 180 Å². The van der Waals surface area contributed by atoms with E-state index in [1.165, 1.54) is 6.07 Å². The number of rotatable bonds is 4. The third-order valence-corrected chi connectivity index (χ3v) is 6.79. The van der Waals surface area contributed by atoms with Crippen LogP contribution < -0.4 is 15.4 Å². The van der Waals surface area contributed by atoms with Gasteiger partial charge in [0, 0.05) is 29.3 Å². The van der Waals surface area contributed by atoms with Gasteiger partial charge in [-0.05, 0) is 69.1 Å². The second kappa shape index (κ2) is 8.34. The molecule has 0 spiro atoms. The zero-order valence-electron chi connectivity index (χ0n) is 17.6. The molecule has 1 aliphatic carbocycles. The monoisotopic (exact) mass is 431 g/mol. The standard InChI is InChI=1S/C23H27F2N3O3/c1-28-10-9-23(14-3-6-19(29)20(11-14)31-2)8-7-16(13-21(23)28)27-22(30)26-15-4-5-17(24)18(25)12-15/h3-6,11-12,16,21,29H,7-10,13H2,1-2H3,(H2,26,27,30)/t16-,21+,23+/m1/s1. The van der Waals surface area contributed by atoms with E-state index in [0.717, 1.165) is 49.9 Å². The molecule has 2 fully saturated rings. The fourth-order valence-electron chi connectivity index (χ4n) is 5.16. The molecule has 2 aromatic carbocycles. The van der Waals surface area contributed by atoms with Crippen LogP contribution in [-0.4, -0.2) is 48.8 Å². The molecular formula is C23H27F2N3O3. The number of halogens is 2. The number of carbonyl (C=O) groups excluding carboxylic acids is 1. The van der Waals surface area contributed by atoms with Crippen LogP contribution in [-0.2, 0) is 5.41 Å². The molecular weight excluding hydrogens is 404 g/mol. The Morgan fingerprint density at radius 1 is 1.19 bits per heavy atom. The number of likely N-dealkylation sites (tertiary alicyclic amines) is 1. The molecule has 6 nitrogen and oxygen atoms in total. The molecule has 4 rings (SSSR count). The minimum atomic E-state index is -1.00. The molecule has 2 aliphatic rings. The first-order chi connectivity index (χ1) is 14.8. The maximum atomic E-state index is 13.4. The number of phenols is 1. The number of methoxy groups -OCH3 is 1. The molecule has 8 heteroatoms. The number of amides is 2. The SMILES string of the molecule is COc1cc([C@@]23CC[C@@H](NC(=O)Nc4ccc(F)c(F)c4)C[C@@H]2N(C)CC3)ccc1O. The van der Waals surface area contributed by atoms with E-state index in [1.54, 1.807) is 13.2 Å². The van der Waals surface area contributed by atoms with Gasteiger partial charge in [-0.1, -0.05) is 6.07 Å². The second-order valence-electron chi connectivity index (χ2n) is 8.49. The highest BCUT2D eigenvalue weighted by Crippen LogP contribution is 2.49. The number of nitrogens with zero attached hydrogens (tertiary/aromatic N) is 1. The normalized spacial score (nSPS) is 25.7. The van der Waals surface area contributed by atoms with Crippen molar-refractivity contribution in [3.8, 4) is 11.5 Å². The number of ether oxygens (including phenoxy) is 1. The zero-order chi connectivity index (χ0) is 22.2. The zero-order valence-corrected chi connectivity index (χ0v) is 17.6. The Morgan fingerprint density at radius 2 is 2.00 bits per heavy atom. The third-order valence-electron chi connectivity index (χ3n) is 6.79. The first-order valence-corrected chi connectivity index (χ1v) is 10.4. The molecule has 0 aromatic heterocycles. The summed E-state index contributed by atoms with van der Waals surface area (Å²) in [7, 11) is 3.63. The van der Waals surface area contributed by atoms with Crippen molar-refractivity contribution in [1.82, 2.24) is 10.2 Å². The molecule has 1 heterocycles. The second-order valence-corrected chi connectivity index (χ2v) is 8.49. The quantitative estimate of drug-likeness (QED) is 0.684. The van der Waals surface area contributed by atoms with E-state index in [1.807, 2.05) is 12.1 Å². The van der Waals surface area contributed by atoms with Gasteiger partial charge in [-0.25, -0.2) is 13.6 Å². The first kappa shape index (κ1) is 21.4. The Bertz CT molecular complexity index is 987. The molecule has 3 atom stereocenters. The molecule has 31 heavy (non-hydrogen) atoms. The van der Waals surface area contributed by atoms with E-state index in [9.17, 15) is 18.7 Å². The van der Waals surface area contributed by atoms with Gasteiger partial charge in [0.1, 0.15) is 0 Å². The van der Waals surface area contributed by atoms with Crippen LogP contribution in [0.25, 0.3) is 0 Å². The van der Waals surface area contributed by atoms with Gasteiger partial charge in [-0.15, -0.1) is 0 Å². The lowest BCUT2D eigenvalue weighted by atomic mass is 9.65. The topological polar surface area (TPSA) is 73.8 Å². The van der Waals surface area contributed by atoms with Crippen molar-refractivity contribution in [3.63, 3.8) is 0 Å². The highest BCUT2D eigenvalue weighted by molar-refractivity contribution is 5.89. The largest absolute Gasteiger partial charge is 0.504 e. The highest BCUT2D eigenvalue weighted by Gasteiger charge is 2.50. The summed E-state index contributed by atoms with van der Waals surface area (Å²) in [4.78, 5) is 14.7. The lowest BCUT2D eigenvalue weighted by Gasteiger charge is -2.45. The van der Waals surface area contributed by atoms with Crippen LogP contribution in [0.4, 0.5) is 19.3 Å². The number of phenolic OH excluding ortho intramolecular Hbond substituents is 1. The number of fused-ring (bicyclic) bond motifs is 1. The van der Waals surface area contributed by atoms with Gasteiger partial charge in [-0.3, -0.25) is 0 Å². The van der Waals surface area contributed by atoms with E-state index >= 15 is 0 Å². The van der Waals surface area contributed by atoms with Crippen LogP contribution in [0.3, 0.4) is 0 Å². The Kier molecular flexibility index (Phi) is 5.75. The fourth-order valence-corrected chi connectivity index (χ4v) is 5.16. The summed E-state index contributed by atoms with van der Waals surface area (Å²) in [6, 6.07) is 8.59. The predicted molar refractivity (Wildman–Crippen MR) is 114 cm³/mol. The maximum absolute atomic E-state index is 13.4. The summed E-state index contributed by atoms with van der Waals surface area (Å²) in [6.45, 7) is 0.946. The van der Waals surface area contributed by atoms with Crippen LogP contribution in [0.1, 0.15) is 31.2 Å². The molecule has 1 saturated carbocycles. The first-order valence-electron chi connectivity index (χ1n) is 10.4. The van der Waals surface area contributed by atoms with Crippen molar-refractivity contribution in [2.45, 2.75) is 43.2 Å². The molecule has 0 bridgehead atoms. The molecule has 3 N–H and O–H groups in total. The van der Waals surface area contributed by atoms with Crippen LogP contribution in [0.5, 0.6) is 11.5 Å². The number of aromatic hydroxyl groups is 1. The number of anilines is 1. The summed E-state index contributed by atoms with van der Waals surface area (Å²) in [5.41, 5.74) is 1.28. The van der Waals surface area contributed by atoms with Crippen molar-refractivity contribution in [3.05, 3.63) is 53.6 Å². The minimum absolute atomic E-state index is 0.0389. The summed E-state index contributed by atoms with van der Waals surface area (Å²) >= 11 is 0. The van der Waals surface area contributed by atoms with Crippen LogP contribution >= 0.6 is 0 Å². The van der Waals surface area contributed by atoms with Gasteiger partial charge in [0.25, 0.3) is 0 Å². The molecule has 0 unspecified atom stereocenters. The summed E-state index contributed by atoms with van der Waals surface area (Å²) < 4.78 is 31.8.